The van der Waals surface area contributed by atoms with Crippen LogP contribution in [0.1, 0.15) is 19.9 Å². The minimum atomic E-state index is -1.60. The van der Waals surface area contributed by atoms with E-state index in [0.717, 1.165) is 21.2 Å². The number of benzene rings is 2. The van der Waals surface area contributed by atoms with Gasteiger partial charge in [0.05, 0.1) is 18.5 Å². The Morgan fingerprint density at radius 3 is 2.89 bits per heavy atom. The van der Waals surface area contributed by atoms with Gasteiger partial charge in [0.1, 0.15) is 6.33 Å². The summed E-state index contributed by atoms with van der Waals surface area (Å²) in [6.45, 7) is 1.44. The fraction of sp³-hybridized carbons (Fsp3) is 0.133. The monoisotopic (exact) mass is 317 g/mol. The highest BCUT2D eigenvalue weighted by Gasteiger charge is 2.07. The Morgan fingerprint density at radius 2 is 2.16 bits per heavy atom. The van der Waals surface area contributed by atoms with E-state index in [1.54, 1.807) is 18.5 Å². The molecule has 0 spiro atoms. The predicted octanol–water partition coefficient (Wildman–Crippen LogP) is 3.84. The van der Waals surface area contributed by atoms with Gasteiger partial charge in [0, 0.05) is 10.2 Å². The first-order valence-electron chi connectivity index (χ1n) is 6.41. The molecule has 1 unspecified atom stereocenters. The first kappa shape index (κ1) is 11.2. The maximum atomic E-state index is 9.73. The van der Waals surface area contributed by atoms with Crippen molar-refractivity contribution in [2.75, 3.05) is 0 Å². The molecule has 0 fully saturated rings. The van der Waals surface area contributed by atoms with E-state index in [2.05, 4.69) is 20.9 Å². The molecule has 0 aliphatic heterocycles. The van der Waals surface area contributed by atoms with Crippen LogP contribution >= 0.6 is 15.9 Å². The quantitative estimate of drug-likeness (QED) is 0.779. The van der Waals surface area contributed by atoms with Crippen molar-refractivity contribution in [1.29, 1.82) is 0 Å². The Morgan fingerprint density at radius 1 is 1.32 bits per heavy atom. The molecule has 19 heavy (non-hydrogen) atoms. The Bertz CT molecular complexity index is 777. The number of aromatic nitrogens is 2. The number of imidazole rings is 1. The first-order valence-corrected chi connectivity index (χ1v) is 6.70. The zero-order valence-corrected chi connectivity index (χ0v) is 11.9. The highest BCUT2D eigenvalue weighted by Crippen LogP contribution is 2.23. The molecule has 4 heteroatoms. The topological polar surface area (TPSA) is 38.1 Å². The van der Waals surface area contributed by atoms with Crippen molar-refractivity contribution < 1.29 is 6.48 Å². The Kier molecular flexibility index (Phi) is 2.83. The lowest BCUT2D eigenvalue weighted by molar-refractivity contribution is 0.199. The van der Waals surface area contributed by atoms with E-state index in [1.807, 2.05) is 34.9 Å². The van der Waals surface area contributed by atoms with Crippen LogP contribution in [0.25, 0.3) is 16.7 Å². The van der Waals surface area contributed by atoms with Crippen molar-refractivity contribution in [3.8, 4) is 5.69 Å². The van der Waals surface area contributed by atoms with Gasteiger partial charge in [-0.25, -0.2) is 4.98 Å². The van der Waals surface area contributed by atoms with Gasteiger partial charge in [0.2, 0.25) is 0 Å². The molecule has 3 nitrogen and oxygen atoms in total. The average Bonchev–Trinajstić information content (AvgIpc) is 2.80. The largest absolute Gasteiger partial charge is 0.389 e. The van der Waals surface area contributed by atoms with Crippen LogP contribution in [0.4, 0.5) is 0 Å². The predicted molar refractivity (Wildman–Crippen MR) is 79.4 cm³/mol. The van der Waals surface area contributed by atoms with Gasteiger partial charge in [-0.2, -0.15) is 0 Å². The van der Waals surface area contributed by atoms with Crippen LogP contribution in [0, 0.1) is 0 Å². The summed E-state index contributed by atoms with van der Waals surface area (Å²) in [5.41, 5.74) is 3.24. The number of fused-ring (bicyclic) bond motifs is 1. The van der Waals surface area contributed by atoms with Crippen molar-refractivity contribution in [1.82, 2.24) is 9.55 Å². The Hall–Kier alpha value is -1.65. The lowest BCUT2D eigenvalue weighted by atomic mass is 10.1. The molecular formula is C15H13BrN2O. The maximum absolute atomic E-state index is 9.73. The number of hydrogen-bond acceptors (Lipinski definition) is 2. The van der Waals surface area contributed by atoms with Crippen molar-refractivity contribution in [3.63, 3.8) is 0 Å². The average molecular weight is 318 g/mol. The lowest BCUT2D eigenvalue weighted by Gasteiger charge is -2.07. The third-order valence-corrected chi connectivity index (χ3v) is 3.54. The van der Waals surface area contributed by atoms with Gasteiger partial charge in [0.25, 0.3) is 0 Å². The SMILES string of the molecule is [2H]C(C)(O)c1ccc2c(c1)ncn2-c1cccc(Br)c1. The molecule has 0 saturated carbocycles. The Balaban J connectivity index is 2.15. The van der Waals surface area contributed by atoms with E-state index in [-0.39, 0.29) is 0 Å². The number of aliphatic hydroxyl groups is 1. The van der Waals surface area contributed by atoms with Gasteiger partial charge in [-0.15, -0.1) is 0 Å². The van der Waals surface area contributed by atoms with Crippen LogP contribution in [0.2, 0.25) is 0 Å². The zero-order valence-electron chi connectivity index (χ0n) is 11.3. The molecule has 96 valence electrons. The van der Waals surface area contributed by atoms with E-state index < -0.39 is 6.08 Å². The Labute approximate surface area is 121 Å². The third-order valence-electron chi connectivity index (χ3n) is 3.05. The summed E-state index contributed by atoms with van der Waals surface area (Å²) >= 11 is 3.46. The third kappa shape index (κ3) is 2.29. The van der Waals surface area contributed by atoms with Crippen molar-refractivity contribution in [2.45, 2.75) is 13.0 Å². The summed E-state index contributed by atoms with van der Waals surface area (Å²) < 4.78 is 10.6. The molecule has 0 saturated heterocycles. The van der Waals surface area contributed by atoms with Gasteiger partial charge in [-0.1, -0.05) is 28.1 Å². The van der Waals surface area contributed by atoms with Gasteiger partial charge < -0.3 is 5.11 Å². The van der Waals surface area contributed by atoms with E-state index in [0.29, 0.717) is 5.56 Å². The number of halogens is 1. The van der Waals surface area contributed by atoms with Crippen LogP contribution in [0.15, 0.2) is 53.3 Å². The summed E-state index contributed by atoms with van der Waals surface area (Å²) in [5.74, 6) is 0. The number of nitrogens with zero attached hydrogens (tertiary/aromatic N) is 2. The molecule has 0 aliphatic carbocycles. The fourth-order valence-corrected chi connectivity index (χ4v) is 2.46. The summed E-state index contributed by atoms with van der Waals surface area (Å²) in [4.78, 5) is 4.35. The second-order valence-corrected chi connectivity index (χ2v) is 5.30. The van der Waals surface area contributed by atoms with E-state index in [1.165, 1.54) is 6.92 Å². The summed E-state index contributed by atoms with van der Waals surface area (Å²) in [5, 5.41) is 9.73. The van der Waals surface area contributed by atoms with E-state index in [9.17, 15) is 5.11 Å². The van der Waals surface area contributed by atoms with Gasteiger partial charge >= 0.3 is 0 Å². The molecule has 1 heterocycles. The molecule has 1 N–H and O–H groups in total. The second kappa shape index (κ2) is 4.79. The van der Waals surface area contributed by atoms with Crippen LogP contribution in [0.3, 0.4) is 0 Å². The molecule has 1 aromatic heterocycles. The fourth-order valence-electron chi connectivity index (χ4n) is 2.07. The first-order chi connectivity index (χ1) is 9.45. The number of hydrogen-bond donors (Lipinski definition) is 1. The molecule has 1 atom stereocenters. The van der Waals surface area contributed by atoms with Crippen molar-refractivity contribution in [3.05, 3.63) is 58.8 Å². The molecule has 0 amide bonds. The minimum absolute atomic E-state index is 0.532. The standard InChI is InChI=1S/C15H13BrN2O/c1-10(19)11-5-6-15-14(7-11)17-9-18(15)13-4-2-3-12(16)8-13/h2-10,19H,1H3/i10D. The van der Waals surface area contributed by atoms with Gasteiger partial charge in [-0.3, -0.25) is 4.57 Å². The van der Waals surface area contributed by atoms with Crippen LogP contribution in [-0.4, -0.2) is 14.7 Å². The van der Waals surface area contributed by atoms with Gasteiger partial charge in [-0.05, 0) is 42.8 Å². The minimum Gasteiger partial charge on any atom is -0.389 e. The summed E-state index contributed by atoms with van der Waals surface area (Å²) in [7, 11) is 0. The summed E-state index contributed by atoms with van der Waals surface area (Å²) in [6.07, 6.45) is 0.141. The molecular weight excluding hydrogens is 304 g/mol. The zero-order chi connectivity index (χ0) is 14.3. The smallest absolute Gasteiger partial charge is 0.100 e. The summed E-state index contributed by atoms with van der Waals surface area (Å²) in [6, 6.07) is 13.3. The van der Waals surface area contributed by atoms with Gasteiger partial charge in [0.15, 0.2) is 0 Å². The van der Waals surface area contributed by atoms with Crippen molar-refractivity contribution in [2.24, 2.45) is 0 Å². The van der Waals surface area contributed by atoms with E-state index >= 15 is 0 Å². The maximum Gasteiger partial charge on any atom is 0.100 e. The molecule has 0 bridgehead atoms. The molecule has 3 rings (SSSR count). The molecule has 0 aliphatic rings. The molecule has 2 aromatic carbocycles. The van der Waals surface area contributed by atoms with Crippen LogP contribution < -0.4 is 0 Å². The van der Waals surface area contributed by atoms with Crippen LogP contribution in [0.5, 0.6) is 0 Å². The van der Waals surface area contributed by atoms with Crippen LogP contribution in [-0.2, 0) is 0 Å². The second-order valence-electron chi connectivity index (χ2n) is 4.38. The molecule has 3 aromatic rings. The highest BCUT2D eigenvalue weighted by molar-refractivity contribution is 9.10. The lowest BCUT2D eigenvalue weighted by Crippen LogP contribution is -1.93. The molecule has 0 radical (unpaired) electrons. The normalized spacial score (nSPS) is 15.2. The number of rotatable bonds is 2. The highest BCUT2D eigenvalue weighted by atomic mass is 79.9. The van der Waals surface area contributed by atoms with Crippen molar-refractivity contribution >= 4 is 27.0 Å². The van der Waals surface area contributed by atoms with E-state index in [4.69, 9.17) is 1.37 Å².